The van der Waals surface area contributed by atoms with Crippen LogP contribution in [0, 0.1) is 0 Å². The summed E-state index contributed by atoms with van der Waals surface area (Å²) in [4.78, 5) is 4.68. The van der Waals surface area contributed by atoms with Gasteiger partial charge in [0.2, 0.25) is 0 Å². The summed E-state index contributed by atoms with van der Waals surface area (Å²) in [7, 11) is 4.32. The fourth-order valence-electron chi connectivity index (χ4n) is 2.99. The van der Waals surface area contributed by atoms with E-state index in [1.807, 2.05) is 0 Å². The molecule has 0 saturated carbocycles. The summed E-state index contributed by atoms with van der Waals surface area (Å²) in [5.41, 5.74) is 8.62. The van der Waals surface area contributed by atoms with Crippen LogP contribution in [0.4, 0.5) is 5.82 Å². The van der Waals surface area contributed by atoms with Crippen LogP contribution in [0.3, 0.4) is 0 Å². The number of nitrogen functional groups attached to an aromatic ring is 1. The third kappa shape index (κ3) is 1.83. The third-order valence-electron chi connectivity index (χ3n) is 4.03. The second kappa shape index (κ2) is 3.99. The zero-order valence-corrected chi connectivity index (χ0v) is 10.7. The Labute approximate surface area is 102 Å². The predicted octanol–water partition coefficient (Wildman–Crippen LogP) is 0.677. The highest BCUT2D eigenvalue weighted by molar-refractivity contribution is 5.44. The Hall–Kier alpha value is -1.07. The number of hydrogen-bond donors (Lipinski definition) is 1. The highest BCUT2D eigenvalue weighted by Crippen LogP contribution is 2.31. The molecule has 5 nitrogen and oxygen atoms in total. The average molecular weight is 235 g/mol. The Morgan fingerprint density at radius 3 is 2.53 bits per heavy atom. The van der Waals surface area contributed by atoms with Crippen LogP contribution in [-0.2, 0) is 13.1 Å². The minimum Gasteiger partial charge on any atom is -0.382 e. The number of hydrogen-bond acceptors (Lipinski definition) is 4. The van der Waals surface area contributed by atoms with Crippen LogP contribution >= 0.6 is 0 Å². The lowest BCUT2D eigenvalue weighted by Crippen LogP contribution is -2.32. The largest absolute Gasteiger partial charge is 0.382 e. The van der Waals surface area contributed by atoms with Gasteiger partial charge in [0.1, 0.15) is 5.82 Å². The number of rotatable bonds is 1. The fraction of sp³-hybridized carbons (Fsp3) is 0.750. The standard InChI is InChI=1S/C12H21N5/c1-15-5-3-9(4-6-15)17-11-8-16(2)7-10(11)12(13)14-17/h9H,3-8H2,1-2H3,(H2,13,14). The zero-order valence-electron chi connectivity index (χ0n) is 10.7. The average Bonchev–Trinajstić information content (AvgIpc) is 2.80. The first-order valence-electron chi connectivity index (χ1n) is 6.38. The van der Waals surface area contributed by atoms with Crippen LogP contribution in [-0.4, -0.2) is 46.8 Å². The SMILES string of the molecule is CN1CCC(n2nc(N)c3c2CN(C)C3)CC1. The first-order chi connectivity index (χ1) is 8.15. The van der Waals surface area contributed by atoms with Gasteiger partial charge in [-0.2, -0.15) is 5.10 Å². The summed E-state index contributed by atoms with van der Waals surface area (Å²) >= 11 is 0. The number of nitrogens with zero attached hydrogens (tertiary/aromatic N) is 4. The van der Waals surface area contributed by atoms with E-state index in [0.717, 1.165) is 32.0 Å². The van der Waals surface area contributed by atoms with Crippen molar-refractivity contribution >= 4 is 5.82 Å². The van der Waals surface area contributed by atoms with E-state index < -0.39 is 0 Å². The molecule has 2 aliphatic heterocycles. The molecule has 1 fully saturated rings. The minimum atomic E-state index is 0.545. The molecule has 5 heteroatoms. The van der Waals surface area contributed by atoms with Gasteiger partial charge in [-0.25, -0.2) is 0 Å². The molecule has 2 aliphatic rings. The van der Waals surface area contributed by atoms with Crippen LogP contribution in [0.25, 0.3) is 0 Å². The van der Waals surface area contributed by atoms with Gasteiger partial charge < -0.3 is 10.6 Å². The molecular formula is C12H21N5. The molecule has 3 heterocycles. The van der Waals surface area contributed by atoms with Gasteiger partial charge in [-0.3, -0.25) is 9.58 Å². The lowest BCUT2D eigenvalue weighted by Gasteiger charge is -2.30. The molecule has 94 valence electrons. The Kier molecular flexibility index (Phi) is 2.60. The quantitative estimate of drug-likeness (QED) is 0.777. The molecule has 3 rings (SSSR count). The molecule has 0 aromatic carbocycles. The second-order valence-electron chi connectivity index (χ2n) is 5.46. The molecule has 2 N–H and O–H groups in total. The zero-order chi connectivity index (χ0) is 12.0. The Balaban J connectivity index is 1.87. The molecule has 17 heavy (non-hydrogen) atoms. The van der Waals surface area contributed by atoms with Crippen molar-refractivity contribution in [3.63, 3.8) is 0 Å². The van der Waals surface area contributed by atoms with Crippen molar-refractivity contribution in [2.24, 2.45) is 0 Å². The fourth-order valence-corrected chi connectivity index (χ4v) is 2.99. The molecule has 0 aliphatic carbocycles. The summed E-state index contributed by atoms with van der Waals surface area (Å²) in [6.07, 6.45) is 2.38. The van der Waals surface area contributed by atoms with Gasteiger partial charge >= 0.3 is 0 Å². The number of nitrogens with two attached hydrogens (primary N) is 1. The molecule has 0 spiro atoms. The van der Waals surface area contributed by atoms with Gasteiger partial charge in [0, 0.05) is 18.7 Å². The van der Waals surface area contributed by atoms with Crippen molar-refractivity contribution in [3.8, 4) is 0 Å². The molecule has 0 amide bonds. The van der Waals surface area contributed by atoms with Gasteiger partial charge in [0.25, 0.3) is 0 Å². The molecule has 0 atom stereocenters. The van der Waals surface area contributed by atoms with Crippen molar-refractivity contribution in [2.45, 2.75) is 32.0 Å². The lowest BCUT2D eigenvalue weighted by molar-refractivity contribution is 0.207. The van der Waals surface area contributed by atoms with Crippen molar-refractivity contribution in [1.29, 1.82) is 0 Å². The van der Waals surface area contributed by atoms with E-state index in [2.05, 4.69) is 33.7 Å². The number of fused-ring (bicyclic) bond motifs is 1. The molecular weight excluding hydrogens is 214 g/mol. The van der Waals surface area contributed by atoms with Crippen molar-refractivity contribution in [1.82, 2.24) is 19.6 Å². The summed E-state index contributed by atoms with van der Waals surface area (Å²) in [6, 6.07) is 0.545. The second-order valence-corrected chi connectivity index (χ2v) is 5.46. The van der Waals surface area contributed by atoms with E-state index in [4.69, 9.17) is 5.73 Å². The smallest absolute Gasteiger partial charge is 0.150 e. The molecule has 0 radical (unpaired) electrons. The molecule has 0 unspecified atom stereocenters. The number of anilines is 1. The normalized spacial score (nSPS) is 23.2. The van der Waals surface area contributed by atoms with Gasteiger partial charge in [0.15, 0.2) is 0 Å². The maximum Gasteiger partial charge on any atom is 0.150 e. The highest BCUT2D eigenvalue weighted by atomic mass is 15.4. The van der Waals surface area contributed by atoms with Crippen molar-refractivity contribution in [3.05, 3.63) is 11.3 Å². The van der Waals surface area contributed by atoms with Crippen LogP contribution in [0.15, 0.2) is 0 Å². The molecule has 0 bridgehead atoms. The summed E-state index contributed by atoms with van der Waals surface area (Å²) < 4.78 is 2.21. The van der Waals surface area contributed by atoms with Crippen molar-refractivity contribution < 1.29 is 0 Å². The van der Waals surface area contributed by atoms with E-state index in [0.29, 0.717) is 6.04 Å². The maximum absolute atomic E-state index is 6.02. The summed E-state index contributed by atoms with van der Waals surface area (Å²) in [6.45, 7) is 4.27. The maximum atomic E-state index is 6.02. The number of aromatic nitrogens is 2. The first-order valence-corrected chi connectivity index (χ1v) is 6.38. The molecule has 1 saturated heterocycles. The van der Waals surface area contributed by atoms with E-state index in [1.165, 1.54) is 24.1 Å². The Bertz CT molecular complexity index is 417. The topological polar surface area (TPSA) is 50.3 Å². The predicted molar refractivity (Wildman–Crippen MR) is 67.6 cm³/mol. The van der Waals surface area contributed by atoms with E-state index in [9.17, 15) is 0 Å². The van der Waals surface area contributed by atoms with Crippen LogP contribution in [0.1, 0.15) is 30.1 Å². The van der Waals surface area contributed by atoms with Gasteiger partial charge in [-0.1, -0.05) is 0 Å². The van der Waals surface area contributed by atoms with E-state index >= 15 is 0 Å². The van der Waals surface area contributed by atoms with Crippen LogP contribution in [0.5, 0.6) is 0 Å². The highest BCUT2D eigenvalue weighted by Gasteiger charge is 2.29. The van der Waals surface area contributed by atoms with E-state index in [-0.39, 0.29) is 0 Å². The molecule has 1 aromatic rings. The molecule has 1 aromatic heterocycles. The van der Waals surface area contributed by atoms with E-state index in [1.54, 1.807) is 0 Å². The van der Waals surface area contributed by atoms with Crippen molar-refractivity contribution in [2.75, 3.05) is 32.9 Å². The monoisotopic (exact) mass is 235 g/mol. The van der Waals surface area contributed by atoms with Gasteiger partial charge in [-0.15, -0.1) is 0 Å². The van der Waals surface area contributed by atoms with Gasteiger partial charge in [0.05, 0.1) is 11.7 Å². The number of likely N-dealkylation sites (tertiary alicyclic amines) is 1. The van der Waals surface area contributed by atoms with Crippen LogP contribution in [0.2, 0.25) is 0 Å². The summed E-state index contributed by atoms with van der Waals surface area (Å²) in [5, 5.41) is 4.56. The van der Waals surface area contributed by atoms with Crippen LogP contribution < -0.4 is 5.73 Å². The first kappa shape index (κ1) is 11.0. The Morgan fingerprint density at radius 1 is 1.12 bits per heavy atom. The Morgan fingerprint density at radius 2 is 1.82 bits per heavy atom. The number of piperidine rings is 1. The minimum absolute atomic E-state index is 0.545. The summed E-state index contributed by atoms with van der Waals surface area (Å²) in [5.74, 6) is 0.739. The lowest BCUT2D eigenvalue weighted by atomic mass is 10.1. The van der Waals surface area contributed by atoms with Gasteiger partial charge in [-0.05, 0) is 40.0 Å². The third-order valence-corrected chi connectivity index (χ3v) is 4.03.